The molecule has 0 unspecified atom stereocenters. The molecule has 0 bridgehead atoms. The average molecular weight is 547 g/mol. The van der Waals surface area contributed by atoms with Gasteiger partial charge in [0.2, 0.25) is 0 Å². The van der Waals surface area contributed by atoms with E-state index in [1.807, 2.05) is 60.7 Å². The third-order valence-electron chi connectivity index (χ3n) is 13.0. The van der Waals surface area contributed by atoms with Crippen LogP contribution in [0, 0.1) is 46.3 Å². The monoisotopic (exact) mass is 546 g/mol. The number of rotatable bonds is 6. The molecule has 4 aliphatic rings. The van der Waals surface area contributed by atoms with Gasteiger partial charge in [0.05, 0.1) is 18.3 Å². The van der Waals surface area contributed by atoms with Crippen LogP contribution in [0.15, 0.2) is 60.7 Å². The topological polar surface area (TPSA) is 80.9 Å². The molecule has 4 nitrogen and oxygen atoms in total. The third kappa shape index (κ3) is 4.40. The van der Waals surface area contributed by atoms with Crippen molar-refractivity contribution in [3.63, 3.8) is 0 Å². The van der Waals surface area contributed by atoms with Crippen LogP contribution < -0.4 is 0 Å². The summed E-state index contributed by atoms with van der Waals surface area (Å²) in [5.41, 5.74) is 0.666. The molecule has 4 fully saturated rings. The first-order valence-electron chi connectivity index (χ1n) is 16.0. The quantitative estimate of drug-likeness (QED) is 0.343. The lowest BCUT2D eigenvalue weighted by Gasteiger charge is -2.63. The van der Waals surface area contributed by atoms with Gasteiger partial charge < -0.3 is 20.4 Å². The van der Waals surface area contributed by atoms with Crippen molar-refractivity contribution in [2.75, 3.05) is 0 Å². The summed E-state index contributed by atoms with van der Waals surface area (Å²) >= 11 is 0. The van der Waals surface area contributed by atoms with E-state index in [2.05, 4.69) is 20.8 Å². The molecule has 40 heavy (non-hydrogen) atoms. The Labute approximate surface area is 240 Å². The predicted octanol–water partition coefficient (Wildman–Crippen LogP) is 6.30. The Morgan fingerprint density at radius 2 is 1.45 bits per heavy atom. The van der Waals surface area contributed by atoms with Gasteiger partial charge in [0.1, 0.15) is 5.60 Å². The molecule has 4 N–H and O–H groups in total. The molecule has 4 saturated carbocycles. The summed E-state index contributed by atoms with van der Waals surface area (Å²) in [6, 6.07) is 20.1. The first kappa shape index (κ1) is 28.4. The molecule has 11 atom stereocenters. The Kier molecular flexibility index (Phi) is 7.47. The molecule has 2 aromatic carbocycles. The van der Waals surface area contributed by atoms with Gasteiger partial charge in [-0.15, -0.1) is 0 Å². The summed E-state index contributed by atoms with van der Waals surface area (Å²) in [5.74, 6) is 1.90. The van der Waals surface area contributed by atoms with Crippen LogP contribution in [0.25, 0.3) is 0 Å². The molecule has 0 aromatic heterocycles. The molecule has 0 amide bonds. The van der Waals surface area contributed by atoms with E-state index in [4.69, 9.17) is 0 Å². The van der Waals surface area contributed by atoms with E-state index in [1.165, 1.54) is 0 Å². The van der Waals surface area contributed by atoms with Crippen LogP contribution in [0.2, 0.25) is 0 Å². The maximum Gasteiger partial charge on any atom is 0.115 e. The van der Waals surface area contributed by atoms with E-state index in [0.29, 0.717) is 36.0 Å². The highest BCUT2D eigenvalue weighted by Gasteiger charge is 2.65. The molecule has 218 valence electrons. The van der Waals surface area contributed by atoms with E-state index in [1.54, 1.807) is 0 Å². The molecular formula is C36H50O4. The Morgan fingerprint density at radius 1 is 0.825 bits per heavy atom. The van der Waals surface area contributed by atoms with Crippen molar-refractivity contribution >= 4 is 0 Å². The van der Waals surface area contributed by atoms with Crippen LogP contribution >= 0.6 is 0 Å². The summed E-state index contributed by atoms with van der Waals surface area (Å²) in [6.45, 7) is 7.04. The van der Waals surface area contributed by atoms with Gasteiger partial charge in [-0.25, -0.2) is 0 Å². The standard InChI is InChI=1S/C36H50O4/c1-23(16-19-36(40,24-10-6-4-7-11-24)25-12-8-5-9-13-25)28-14-15-29-33-30(22-32(39)35(28,29)3)34(2)18-17-27(37)20-26(34)21-31(33)38/h4-13,23,26-33,37-40H,14-22H2,1-3H3/t23-,26+,27-,28-,29+,30+,31-,32+,33+,34+,35-/m1/s1. The summed E-state index contributed by atoms with van der Waals surface area (Å²) in [6.07, 6.45) is 6.85. The fraction of sp³-hybridized carbons (Fsp3) is 0.667. The smallest absolute Gasteiger partial charge is 0.115 e. The Morgan fingerprint density at radius 3 is 2.08 bits per heavy atom. The van der Waals surface area contributed by atoms with Gasteiger partial charge in [-0.1, -0.05) is 81.4 Å². The van der Waals surface area contributed by atoms with Crippen molar-refractivity contribution in [3.05, 3.63) is 71.8 Å². The highest BCUT2D eigenvalue weighted by atomic mass is 16.3. The zero-order valence-electron chi connectivity index (χ0n) is 24.6. The van der Waals surface area contributed by atoms with Gasteiger partial charge >= 0.3 is 0 Å². The second kappa shape index (κ2) is 10.5. The van der Waals surface area contributed by atoms with E-state index >= 15 is 0 Å². The molecule has 0 saturated heterocycles. The van der Waals surface area contributed by atoms with Gasteiger partial charge in [-0.3, -0.25) is 0 Å². The molecule has 4 aliphatic carbocycles. The minimum atomic E-state index is -1.05. The minimum absolute atomic E-state index is 0.0942. The van der Waals surface area contributed by atoms with E-state index in [9.17, 15) is 20.4 Å². The molecule has 0 aliphatic heterocycles. The lowest BCUT2D eigenvalue weighted by Crippen LogP contribution is -2.62. The van der Waals surface area contributed by atoms with E-state index < -0.39 is 5.60 Å². The summed E-state index contributed by atoms with van der Waals surface area (Å²) in [4.78, 5) is 0. The van der Waals surface area contributed by atoms with Crippen molar-refractivity contribution < 1.29 is 20.4 Å². The molecule has 0 spiro atoms. The number of benzene rings is 2. The number of aliphatic hydroxyl groups is 4. The number of fused-ring (bicyclic) bond motifs is 5. The minimum Gasteiger partial charge on any atom is -0.393 e. The largest absolute Gasteiger partial charge is 0.393 e. The summed E-state index contributed by atoms with van der Waals surface area (Å²) in [5, 5.41) is 46.1. The number of hydrogen-bond acceptors (Lipinski definition) is 4. The van der Waals surface area contributed by atoms with Crippen molar-refractivity contribution in [3.8, 4) is 0 Å². The zero-order chi connectivity index (χ0) is 28.3. The van der Waals surface area contributed by atoms with Crippen molar-refractivity contribution in [2.45, 2.75) is 102 Å². The summed E-state index contributed by atoms with van der Waals surface area (Å²) < 4.78 is 0. The van der Waals surface area contributed by atoms with E-state index in [-0.39, 0.29) is 35.1 Å². The van der Waals surface area contributed by atoms with Crippen molar-refractivity contribution in [1.29, 1.82) is 0 Å². The van der Waals surface area contributed by atoms with E-state index in [0.717, 1.165) is 62.5 Å². The van der Waals surface area contributed by atoms with Crippen LogP contribution in [0.1, 0.15) is 89.7 Å². The first-order valence-corrected chi connectivity index (χ1v) is 16.0. The maximum atomic E-state index is 12.1. The maximum absolute atomic E-state index is 12.1. The fourth-order valence-corrected chi connectivity index (χ4v) is 10.7. The van der Waals surface area contributed by atoms with Crippen molar-refractivity contribution in [2.24, 2.45) is 46.3 Å². The Bertz CT molecular complexity index is 1110. The van der Waals surface area contributed by atoms with Crippen LogP contribution in [0.3, 0.4) is 0 Å². The number of aliphatic hydroxyl groups excluding tert-OH is 3. The van der Waals surface area contributed by atoms with Gasteiger partial charge in [-0.2, -0.15) is 0 Å². The van der Waals surface area contributed by atoms with Crippen molar-refractivity contribution in [1.82, 2.24) is 0 Å². The molecule has 6 rings (SSSR count). The number of hydrogen-bond donors (Lipinski definition) is 4. The summed E-state index contributed by atoms with van der Waals surface area (Å²) in [7, 11) is 0. The van der Waals surface area contributed by atoms with Crippen LogP contribution in [-0.2, 0) is 5.60 Å². The third-order valence-corrected chi connectivity index (χ3v) is 13.0. The lowest BCUT2D eigenvalue weighted by molar-refractivity contribution is -0.207. The van der Waals surface area contributed by atoms with Gasteiger partial charge in [-0.05, 0) is 115 Å². The van der Waals surface area contributed by atoms with Crippen LogP contribution in [0.5, 0.6) is 0 Å². The lowest BCUT2D eigenvalue weighted by atomic mass is 9.43. The fourth-order valence-electron chi connectivity index (χ4n) is 10.7. The molecule has 0 radical (unpaired) electrons. The second-order valence-corrected chi connectivity index (χ2v) is 14.6. The highest BCUT2D eigenvalue weighted by molar-refractivity contribution is 5.35. The van der Waals surface area contributed by atoms with Gasteiger partial charge in [0.25, 0.3) is 0 Å². The van der Waals surface area contributed by atoms with Crippen LogP contribution in [-0.4, -0.2) is 38.7 Å². The van der Waals surface area contributed by atoms with Gasteiger partial charge in [0, 0.05) is 0 Å². The molecule has 0 heterocycles. The Balaban J connectivity index is 1.24. The first-order chi connectivity index (χ1) is 19.1. The molecule has 2 aromatic rings. The zero-order valence-corrected chi connectivity index (χ0v) is 24.6. The molecule has 4 heteroatoms. The van der Waals surface area contributed by atoms with Crippen LogP contribution in [0.4, 0.5) is 0 Å². The average Bonchev–Trinajstić information content (AvgIpc) is 3.32. The molecular weight excluding hydrogens is 496 g/mol. The Hall–Kier alpha value is -1.72. The normalized spacial score (nSPS) is 42.0. The predicted molar refractivity (Wildman–Crippen MR) is 158 cm³/mol. The SMILES string of the molecule is C[C@H](CCC(O)(c1ccccc1)c1ccccc1)[C@H]1CC[C@H]2[C@@H]3[C@H](O)C[C@@H]4C[C@H](O)CC[C@]4(C)[C@H]3C[C@H](O)[C@]12C. The highest BCUT2D eigenvalue weighted by Crippen LogP contribution is 2.68. The second-order valence-electron chi connectivity index (χ2n) is 14.6. The van der Waals surface area contributed by atoms with Gasteiger partial charge in [0.15, 0.2) is 0 Å².